The van der Waals surface area contributed by atoms with E-state index in [0.29, 0.717) is 0 Å². The van der Waals surface area contributed by atoms with E-state index in [2.05, 4.69) is 10.3 Å². The van der Waals surface area contributed by atoms with Crippen molar-refractivity contribution in [2.24, 2.45) is 0 Å². The van der Waals surface area contributed by atoms with E-state index in [1.54, 1.807) is 24.5 Å². The number of aromatic nitrogens is 1. The number of hydrogen-bond donors (Lipinski definition) is 1. The molecular weight excluding hydrogens is 333 g/mol. The van der Waals surface area contributed by atoms with E-state index < -0.39 is 27.8 Å². The molecule has 1 heterocycles. The summed E-state index contributed by atoms with van der Waals surface area (Å²) in [5, 5.41) is 2.67. The zero-order chi connectivity index (χ0) is 17.7. The number of sulfonamides is 1. The van der Waals surface area contributed by atoms with Gasteiger partial charge in [-0.2, -0.15) is 0 Å². The number of benzene rings is 1. The maximum Gasteiger partial charge on any atom is 0.243 e. The SMILES string of the molecule is C[C@@H](C(=O)NCc1ccncc1)N(c1cccc(F)c1)S(C)(=O)=O. The van der Waals surface area contributed by atoms with Gasteiger partial charge >= 0.3 is 0 Å². The van der Waals surface area contributed by atoms with Gasteiger partial charge in [-0.1, -0.05) is 6.07 Å². The molecule has 2 aromatic rings. The number of nitrogens with zero attached hydrogens (tertiary/aromatic N) is 2. The van der Waals surface area contributed by atoms with Gasteiger partial charge < -0.3 is 5.32 Å². The average Bonchev–Trinajstić information content (AvgIpc) is 2.52. The van der Waals surface area contributed by atoms with E-state index in [-0.39, 0.29) is 12.2 Å². The lowest BCUT2D eigenvalue weighted by Crippen LogP contribution is -2.47. The van der Waals surface area contributed by atoms with Crippen molar-refractivity contribution in [3.63, 3.8) is 0 Å². The number of hydrogen-bond acceptors (Lipinski definition) is 4. The molecule has 0 aliphatic rings. The Kier molecular flexibility index (Phi) is 5.50. The molecule has 0 aliphatic carbocycles. The van der Waals surface area contributed by atoms with E-state index in [9.17, 15) is 17.6 Å². The second-order valence-electron chi connectivity index (χ2n) is 5.29. The van der Waals surface area contributed by atoms with Crippen LogP contribution >= 0.6 is 0 Å². The second-order valence-corrected chi connectivity index (χ2v) is 7.15. The summed E-state index contributed by atoms with van der Waals surface area (Å²) in [6.45, 7) is 1.69. The molecule has 0 fully saturated rings. The quantitative estimate of drug-likeness (QED) is 0.859. The van der Waals surface area contributed by atoms with E-state index in [1.807, 2.05) is 0 Å². The number of carbonyl (C=O) groups excluding carboxylic acids is 1. The zero-order valence-electron chi connectivity index (χ0n) is 13.3. The van der Waals surface area contributed by atoms with Crippen LogP contribution in [0, 0.1) is 5.82 Å². The Bertz CT molecular complexity index is 812. The minimum absolute atomic E-state index is 0.101. The largest absolute Gasteiger partial charge is 0.350 e. The van der Waals surface area contributed by atoms with Crippen LogP contribution in [0.3, 0.4) is 0 Å². The van der Waals surface area contributed by atoms with Crippen LogP contribution in [0.4, 0.5) is 10.1 Å². The molecule has 1 aromatic carbocycles. The number of anilines is 1. The third kappa shape index (κ3) is 4.51. The Morgan fingerprint density at radius 2 is 1.96 bits per heavy atom. The standard InChI is InChI=1S/C16H18FN3O3S/c1-12(16(21)19-11-13-6-8-18-9-7-13)20(24(2,22)23)15-5-3-4-14(17)10-15/h3-10,12H,11H2,1-2H3,(H,19,21)/t12-/m0/s1. The van der Waals surface area contributed by atoms with Gasteiger partial charge in [0, 0.05) is 18.9 Å². The first-order valence-corrected chi connectivity index (χ1v) is 9.05. The average molecular weight is 351 g/mol. The lowest BCUT2D eigenvalue weighted by Gasteiger charge is -2.28. The van der Waals surface area contributed by atoms with Crippen LogP contribution in [0.1, 0.15) is 12.5 Å². The first-order valence-electron chi connectivity index (χ1n) is 7.20. The fourth-order valence-electron chi connectivity index (χ4n) is 2.26. The molecule has 0 saturated heterocycles. The molecule has 2 rings (SSSR count). The Hall–Kier alpha value is -2.48. The lowest BCUT2D eigenvalue weighted by molar-refractivity contribution is -0.122. The highest BCUT2D eigenvalue weighted by Crippen LogP contribution is 2.21. The normalized spacial score (nSPS) is 12.5. The van der Waals surface area contributed by atoms with E-state index in [0.717, 1.165) is 22.2 Å². The van der Waals surface area contributed by atoms with Crippen LogP contribution in [0.5, 0.6) is 0 Å². The molecule has 0 saturated carbocycles. The van der Waals surface area contributed by atoms with Gasteiger partial charge in [-0.25, -0.2) is 12.8 Å². The van der Waals surface area contributed by atoms with Crippen molar-refractivity contribution in [3.8, 4) is 0 Å². The molecule has 0 spiro atoms. The van der Waals surface area contributed by atoms with Gasteiger partial charge in [-0.05, 0) is 42.8 Å². The second kappa shape index (κ2) is 7.39. The Labute approximate surface area is 140 Å². The molecule has 24 heavy (non-hydrogen) atoms. The molecule has 0 bridgehead atoms. The van der Waals surface area contributed by atoms with E-state index >= 15 is 0 Å². The summed E-state index contributed by atoms with van der Waals surface area (Å²) in [6, 6.07) is 7.58. The lowest BCUT2D eigenvalue weighted by atomic mass is 10.2. The van der Waals surface area contributed by atoms with Gasteiger partial charge in [-0.3, -0.25) is 14.1 Å². The van der Waals surface area contributed by atoms with Crippen LogP contribution in [0.15, 0.2) is 48.8 Å². The summed E-state index contributed by atoms with van der Waals surface area (Å²) in [5.74, 6) is -1.06. The molecule has 8 heteroatoms. The summed E-state index contributed by atoms with van der Waals surface area (Å²) in [5.41, 5.74) is 0.936. The van der Waals surface area contributed by atoms with Crippen LogP contribution in [-0.4, -0.2) is 31.6 Å². The van der Waals surface area contributed by atoms with Crippen molar-refractivity contribution in [1.82, 2.24) is 10.3 Å². The first kappa shape index (κ1) is 17.9. The van der Waals surface area contributed by atoms with Crippen molar-refractivity contribution in [1.29, 1.82) is 0 Å². The minimum atomic E-state index is -3.77. The highest BCUT2D eigenvalue weighted by molar-refractivity contribution is 7.92. The molecular formula is C16H18FN3O3S. The molecule has 128 valence electrons. The van der Waals surface area contributed by atoms with Gasteiger partial charge in [0.25, 0.3) is 0 Å². The van der Waals surface area contributed by atoms with Crippen LogP contribution < -0.4 is 9.62 Å². The first-order chi connectivity index (χ1) is 11.3. The number of rotatable bonds is 6. The van der Waals surface area contributed by atoms with Gasteiger partial charge in [-0.15, -0.1) is 0 Å². The van der Waals surface area contributed by atoms with Crippen molar-refractivity contribution in [2.75, 3.05) is 10.6 Å². The van der Waals surface area contributed by atoms with Crippen LogP contribution in [0.25, 0.3) is 0 Å². The summed E-state index contributed by atoms with van der Waals surface area (Å²) >= 11 is 0. The van der Waals surface area contributed by atoms with Gasteiger partial charge in [0.15, 0.2) is 0 Å². The Balaban J connectivity index is 2.19. The Morgan fingerprint density at radius 3 is 2.54 bits per heavy atom. The molecule has 0 aliphatic heterocycles. The number of carbonyl (C=O) groups is 1. The maximum atomic E-state index is 13.4. The predicted octanol–water partition coefficient (Wildman–Crippen LogP) is 1.69. The fourth-order valence-corrected chi connectivity index (χ4v) is 3.43. The Morgan fingerprint density at radius 1 is 1.29 bits per heavy atom. The summed E-state index contributed by atoms with van der Waals surface area (Å²) in [4.78, 5) is 16.2. The number of amides is 1. The zero-order valence-corrected chi connectivity index (χ0v) is 14.1. The number of halogens is 1. The number of nitrogens with one attached hydrogen (secondary N) is 1. The summed E-state index contributed by atoms with van der Waals surface area (Å²) in [7, 11) is -3.77. The molecule has 6 nitrogen and oxygen atoms in total. The maximum absolute atomic E-state index is 13.4. The van der Waals surface area contributed by atoms with Crippen LogP contribution in [-0.2, 0) is 21.4 Å². The molecule has 1 aromatic heterocycles. The summed E-state index contributed by atoms with van der Waals surface area (Å²) in [6.07, 6.45) is 4.17. The molecule has 0 radical (unpaired) electrons. The van der Waals surface area contributed by atoms with E-state index in [4.69, 9.17) is 0 Å². The van der Waals surface area contributed by atoms with Crippen molar-refractivity contribution in [3.05, 3.63) is 60.2 Å². The highest BCUT2D eigenvalue weighted by Gasteiger charge is 2.29. The molecule has 0 unspecified atom stereocenters. The van der Waals surface area contributed by atoms with Crippen LogP contribution in [0.2, 0.25) is 0 Å². The molecule has 1 amide bonds. The van der Waals surface area contributed by atoms with Gasteiger partial charge in [0.05, 0.1) is 11.9 Å². The number of pyridine rings is 1. The third-order valence-corrected chi connectivity index (χ3v) is 4.61. The van der Waals surface area contributed by atoms with E-state index in [1.165, 1.54) is 25.1 Å². The van der Waals surface area contributed by atoms with Gasteiger partial charge in [0.1, 0.15) is 11.9 Å². The molecule has 1 N–H and O–H groups in total. The molecule has 1 atom stereocenters. The highest BCUT2D eigenvalue weighted by atomic mass is 32.2. The monoisotopic (exact) mass is 351 g/mol. The third-order valence-electron chi connectivity index (χ3n) is 3.37. The fraction of sp³-hybridized carbons (Fsp3) is 0.250. The van der Waals surface area contributed by atoms with Crippen molar-refractivity contribution >= 4 is 21.6 Å². The summed E-state index contributed by atoms with van der Waals surface area (Å²) < 4.78 is 38.5. The van der Waals surface area contributed by atoms with Gasteiger partial charge in [0.2, 0.25) is 15.9 Å². The smallest absolute Gasteiger partial charge is 0.243 e. The predicted molar refractivity (Wildman–Crippen MR) is 89.3 cm³/mol. The van der Waals surface area contributed by atoms with Crippen molar-refractivity contribution in [2.45, 2.75) is 19.5 Å². The topological polar surface area (TPSA) is 79.4 Å². The minimum Gasteiger partial charge on any atom is -0.350 e. The van der Waals surface area contributed by atoms with Crippen molar-refractivity contribution < 1.29 is 17.6 Å².